The average molecular weight is 216 g/mol. The molecule has 16 heavy (non-hydrogen) atoms. The fourth-order valence-corrected chi connectivity index (χ4v) is 1.69. The molecular formula is C13H12O3. The largest absolute Gasteiger partial charge is 0.478 e. The van der Waals surface area contributed by atoms with Gasteiger partial charge >= 0.3 is 5.97 Å². The normalized spacial score (nSPS) is 10.3. The van der Waals surface area contributed by atoms with Crippen molar-refractivity contribution in [2.45, 2.75) is 13.3 Å². The van der Waals surface area contributed by atoms with Gasteiger partial charge in [0.15, 0.2) is 0 Å². The number of rotatable bonds is 3. The minimum atomic E-state index is -0.940. The van der Waals surface area contributed by atoms with E-state index in [1.165, 1.54) is 6.26 Å². The van der Waals surface area contributed by atoms with Crippen LogP contribution in [-0.4, -0.2) is 11.1 Å². The summed E-state index contributed by atoms with van der Waals surface area (Å²) in [7, 11) is 0. The molecule has 0 fully saturated rings. The third-order valence-corrected chi connectivity index (χ3v) is 2.50. The van der Waals surface area contributed by atoms with E-state index in [-0.39, 0.29) is 5.56 Å². The summed E-state index contributed by atoms with van der Waals surface area (Å²) in [6.45, 7) is 1.91. The first-order chi connectivity index (χ1) is 7.74. The molecule has 0 saturated carbocycles. The van der Waals surface area contributed by atoms with Crippen molar-refractivity contribution in [1.82, 2.24) is 0 Å². The van der Waals surface area contributed by atoms with Crippen molar-refractivity contribution in [2.75, 3.05) is 0 Å². The second-order valence-corrected chi connectivity index (χ2v) is 3.49. The highest BCUT2D eigenvalue weighted by Crippen LogP contribution is 2.28. The van der Waals surface area contributed by atoms with Crippen molar-refractivity contribution in [3.63, 3.8) is 0 Å². The first kappa shape index (κ1) is 10.5. The van der Waals surface area contributed by atoms with E-state index in [1.54, 1.807) is 0 Å². The number of carbonyl (C=O) groups is 1. The summed E-state index contributed by atoms with van der Waals surface area (Å²) in [6.07, 6.45) is 2.17. The van der Waals surface area contributed by atoms with Gasteiger partial charge in [0.05, 0.1) is 6.26 Å². The lowest BCUT2D eigenvalue weighted by Gasteiger charge is -1.99. The van der Waals surface area contributed by atoms with E-state index in [0.717, 1.165) is 11.1 Å². The van der Waals surface area contributed by atoms with Gasteiger partial charge in [-0.3, -0.25) is 0 Å². The molecule has 1 N–H and O–H groups in total. The smallest absolute Gasteiger partial charge is 0.339 e. The van der Waals surface area contributed by atoms with Crippen molar-refractivity contribution < 1.29 is 14.3 Å². The number of hydrogen-bond acceptors (Lipinski definition) is 2. The third-order valence-electron chi connectivity index (χ3n) is 2.50. The maximum Gasteiger partial charge on any atom is 0.339 e. The monoisotopic (exact) mass is 216 g/mol. The van der Waals surface area contributed by atoms with Crippen molar-refractivity contribution in [3.8, 4) is 11.3 Å². The zero-order chi connectivity index (χ0) is 11.5. The van der Waals surface area contributed by atoms with Gasteiger partial charge in [0.1, 0.15) is 11.3 Å². The van der Waals surface area contributed by atoms with Crippen LogP contribution in [0.2, 0.25) is 0 Å². The predicted octanol–water partition coefficient (Wildman–Crippen LogP) is 3.21. The Hall–Kier alpha value is -2.03. The van der Waals surface area contributed by atoms with Gasteiger partial charge in [-0.05, 0) is 6.42 Å². The molecule has 1 heterocycles. The summed E-state index contributed by atoms with van der Waals surface area (Å²) < 4.78 is 5.35. The molecule has 0 aliphatic rings. The van der Waals surface area contributed by atoms with Crippen molar-refractivity contribution in [2.24, 2.45) is 0 Å². The van der Waals surface area contributed by atoms with Crippen molar-refractivity contribution in [3.05, 3.63) is 47.7 Å². The highest BCUT2D eigenvalue weighted by molar-refractivity contribution is 5.96. The summed E-state index contributed by atoms with van der Waals surface area (Å²) in [5, 5.41) is 9.17. The van der Waals surface area contributed by atoms with Gasteiger partial charge in [-0.2, -0.15) is 0 Å². The molecule has 0 unspecified atom stereocenters. The Morgan fingerprint density at radius 2 is 2.00 bits per heavy atom. The Kier molecular flexibility index (Phi) is 2.77. The zero-order valence-corrected chi connectivity index (χ0v) is 8.93. The van der Waals surface area contributed by atoms with E-state index in [9.17, 15) is 4.79 Å². The maximum absolute atomic E-state index is 11.2. The predicted molar refractivity (Wildman–Crippen MR) is 60.5 cm³/mol. The summed E-state index contributed by atoms with van der Waals surface area (Å²) in [4.78, 5) is 11.2. The van der Waals surface area contributed by atoms with Crippen LogP contribution in [0.5, 0.6) is 0 Å². The van der Waals surface area contributed by atoms with E-state index in [0.29, 0.717) is 12.2 Å². The van der Waals surface area contributed by atoms with Crippen LogP contribution in [0.25, 0.3) is 11.3 Å². The van der Waals surface area contributed by atoms with E-state index < -0.39 is 5.97 Å². The molecule has 82 valence electrons. The summed E-state index contributed by atoms with van der Waals surface area (Å²) in [5.41, 5.74) is 1.79. The van der Waals surface area contributed by atoms with Crippen LogP contribution in [0.3, 0.4) is 0 Å². The molecule has 2 rings (SSSR count). The number of hydrogen-bond donors (Lipinski definition) is 1. The molecule has 0 aliphatic carbocycles. The van der Waals surface area contributed by atoms with Gasteiger partial charge in [0.25, 0.3) is 0 Å². The van der Waals surface area contributed by atoms with Gasteiger partial charge < -0.3 is 9.52 Å². The fraction of sp³-hybridized carbons (Fsp3) is 0.154. The van der Waals surface area contributed by atoms with Crippen LogP contribution in [0.15, 0.2) is 41.0 Å². The van der Waals surface area contributed by atoms with Crippen molar-refractivity contribution >= 4 is 5.97 Å². The third kappa shape index (κ3) is 1.72. The number of aromatic carboxylic acids is 1. The van der Waals surface area contributed by atoms with Crippen LogP contribution in [0.4, 0.5) is 0 Å². The Balaban J connectivity index is 2.58. The molecule has 3 nitrogen and oxygen atoms in total. The molecule has 0 atom stereocenters. The molecule has 0 spiro atoms. The minimum Gasteiger partial charge on any atom is -0.478 e. The number of benzene rings is 1. The molecule has 2 aromatic rings. The van der Waals surface area contributed by atoms with Crippen molar-refractivity contribution in [1.29, 1.82) is 0 Å². The quantitative estimate of drug-likeness (QED) is 0.857. The highest BCUT2D eigenvalue weighted by atomic mass is 16.4. The van der Waals surface area contributed by atoms with Crippen LogP contribution in [0, 0.1) is 0 Å². The standard InChI is InChI=1S/C13H12O3/c1-2-9-8-16-12(11(9)13(14)15)10-6-4-3-5-7-10/h3-8H,2H2,1H3,(H,14,15). The number of furan rings is 1. The average Bonchev–Trinajstić information content (AvgIpc) is 2.73. The molecule has 0 bridgehead atoms. The topological polar surface area (TPSA) is 50.4 Å². The highest BCUT2D eigenvalue weighted by Gasteiger charge is 2.19. The zero-order valence-electron chi connectivity index (χ0n) is 8.93. The van der Waals surface area contributed by atoms with Gasteiger partial charge in [-0.15, -0.1) is 0 Å². The van der Waals surface area contributed by atoms with Gasteiger partial charge in [0.2, 0.25) is 0 Å². The molecule has 0 amide bonds. The lowest BCUT2D eigenvalue weighted by molar-refractivity contribution is 0.0696. The first-order valence-electron chi connectivity index (χ1n) is 5.13. The molecule has 0 saturated heterocycles. The number of carboxylic acid groups (broad SMARTS) is 1. The Morgan fingerprint density at radius 1 is 1.31 bits per heavy atom. The SMILES string of the molecule is CCc1coc(-c2ccccc2)c1C(=O)O. The summed E-state index contributed by atoms with van der Waals surface area (Å²) in [5.74, 6) is -0.505. The molecule has 1 aromatic carbocycles. The van der Waals surface area contributed by atoms with E-state index in [4.69, 9.17) is 9.52 Å². The lowest BCUT2D eigenvalue weighted by Crippen LogP contribution is -2.00. The van der Waals surface area contributed by atoms with Gasteiger partial charge in [-0.25, -0.2) is 4.79 Å². The second-order valence-electron chi connectivity index (χ2n) is 3.49. The summed E-state index contributed by atoms with van der Waals surface area (Å²) in [6, 6.07) is 9.27. The van der Waals surface area contributed by atoms with E-state index >= 15 is 0 Å². The van der Waals surface area contributed by atoms with Crippen LogP contribution >= 0.6 is 0 Å². The summed E-state index contributed by atoms with van der Waals surface area (Å²) >= 11 is 0. The fourth-order valence-electron chi connectivity index (χ4n) is 1.69. The Morgan fingerprint density at radius 3 is 2.56 bits per heavy atom. The minimum absolute atomic E-state index is 0.272. The molecular weight excluding hydrogens is 204 g/mol. The van der Waals surface area contributed by atoms with E-state index in [1.807, 2.05) is 37.3 Å². The number of carboxylic acids is 1. The Bertz CT molecular complexity index is 497. The van der Waals surface area contributed by atoms with Crippen LogP contribution < -0.4 is 0 Å². The van der Waals surface area contributed by atoms with Gasteiger partial charge in [-0.1, -0.05) is 37.3 Å². The number of aryl methyl sites for hydroxylation is 1. The molecule has 0 radical (unpaired) electrons. The van der Waals surface area contributed by atoms with E-state index in [2.05, 4.69) is 0 Å². The maximum atomic E-state index is 11.2. The second kappa shape index (κ2) is 4.23. The van der Waals surface area contributed by atoms with Gasteiger partial charge in [0, 0.05) is 11.1 Å². The first-order valence-corrected chi connectivity index (χ1v) is 5.13. The molecule has 1 aromatic heterocycles. The molecule has 0 aliphatic heterocycles. The van der Waals surface area contributed by atoms with Crippen LogP contribution in [0.1, 0.15) is 22.8 Å². The lowest BCUT2D eigenvalue weighted by atomic mass is 10.0. The van der Waals surface area contributed by atoms with Crippen LogP contribution in [-0.2, 0) is 6.42 Å². The molecule has 3 heteroatoms. The Labute approximate surface area is 93.3 Å².